The molecule has 0 bridgehead atoms. The van der Waals surface area contributed by atoms with E-state index in [1.807, 2.05) is 0 Å². The van der Waals surface area contributed by atoms with E-state index < -0.39 is 0 Å². The van der Waals surface area contributed by atoms with Crippen molar-refractivity contribution < 1.29 is 28.0 Å². The van der Waals surface area contributed by atoms with Crippen molar-refractivity contribution in [3.05, 3.63) is 24.3 Å². The molecule has 0 spiro atoms. The number of hydrogen-bond acceptors (Lipinski definition) is 4. The van der Waals surface area contributed by atoms with E-state index in [1.54, 1.807) is 13.8 Å². The first-order chi connectivity index (χ1) is 15.9. The van der Waals surface area contributed by atoms with Crippen LogP contribution in [0.5, 0.6) is 0 Å². The Morgan fingerprint density at radius 3 is 1.06 bits per heavy atom. The largest absolute Gasteiger partial charge is 0.456 e. The number of rotatable bonds is 21. The number of quaternary nitrogens is 2. The van der Waals surface area contributed by atoms with Gasteiger partial charge in [-0.1, -0.05) is 51.7 Å². The SMILES string of the molecule is C=C(C)C(=O)OCC[N+](C)(C)CCCCCCCCCCCC[N+](C)(C)CCOC(=O)C(=C)C. The van der Waals surface area contributed by atoms with Gasteiger partial charge in [0.25, 0.3) is 0 Å². The second kappa shape index (κ2) is 17.7. The highest BCUT2D eigenvalue weighted by atomic mass is 16.5. The minimum absolute atomic E-state index is 0.290. The molecule has 0 aromatic carbocycles. The summed E-state index contributed by atoms with van der Waals surface area (Å²) in [5.41, 5.74) is 0.925. The first-order valence-corrected chi connectivity index (χ1v) is 13.2. The van der Waals surface area contributed by atoms with Crippen LogP contribution in [0.15, 0.2) is 24.3 Å². The van der Waals surface area contributed by atoms with Crippen LogP contribution in [-0.4, -0.2) is 88.5 Å². The predicted molar refractivity (Wildman–Crippen MR) is 141 cm³/mol. The lowest BCUT2D eigenvalue weighted by Gasteiger charge is -2.29. The van der Waals surface area contributed by atoms with Gasteiger partial charge in [-0.2, -0.15) is 0 Å². The maximum absolute atomic E-state index is 11.5. The molecule has 0 radical (unpaired) electrons. The van der Waals surface area contributed by atoms with Crippen molar-refractivity contribution in [2.45, 2.75) is 78.1 Å². The van der Waals surface area contributed by atoms with Gasteiger partial charge in [0.2, 0.25) is 0 Å². The van der Waals surface area contributed by atoms with E-state index >= 15 is 0 Å². The predicted octanol–water partition coefficient (Wildman–Crippen LogP) is 5.28. The molecule has 34 heavy (non-hydrogen) atoms. The molecule has 0 aliphatic rings. The molecule has 0 fully saturated rings. The van der Waals surface area contributed by atoms with Crippen molar-refractivity contribution in [2.24, 2.45) is 0 Å². The number of nitrogens with zero attached hydrogens (tertiary/aromatic N) is 2. The Balaban J connectivity index is 3.58. The van der Waals surface area contributed by atoms with Crippen LogP contribution in [0.2, 0.25) is 0 Å². The Morgan fingerprint density at radius 2 is 0.794 bits per heavy atom. The molecule has 0 aromatic heterocycles. The fourth-order valence-corrected chi connectivity index (χ4v) is 3.73. The van der Waals surface area contributed by atoms with Crippen LogP contribution < -0.4 is 0 Å². The molecule has 6 nitrogen and oxygen atoms in total. The van der Waals surface area contributed by atoms with E-state index in [1.165, 1.54) is 64.2 Å². The fourth-order valence-electron chi connectivity index (χ4n) is 3.73. The summed E-state index contributed by atoms with van der Waals surface area (Å²) in [5, 5.41) is 0. The Bertz CT molecular complexity index is 572. The van der Waals surface area contributed by atoms with Gasteiger partial charge in [0, 0.05) is 11.1 Å². The average molecular weight is 483 g/mol. The molecule has 0 saturated carbocycles. The molecule has 0 saturated heterocycles. The van der Waals surface area contributed by atoms with Gasteiger partial charge < -0.3 is 18.4 Å². The van der Waals surface area contributed by atoms with Crippen LogP contribution in [0, 0.1) is 0 Å². The quantitative estimate of drug-likeness (QED) is 0.0967. The van der Waals surface area contributed by atoms with Gasteiger partial charge in [-0.05, 0) is 39.5 Å². The second-order valence-electron chi connectivity index (χ2n) is 11.1. The fraction of sp³-hybridized carbons (Fsp3) is 0.786. The normalized spacial score (nSPS) is 11.8. The Hall–Kier alpha value is -1.66. The van der Waals surface area contributed by atoms with Crippen molar-refractivity contribution in [1.82, 2.24) is 0 Å². The van der Waals surface area contributed by atoms with Crippen molar-refractivity contribution in [3.63, 3.8) is 0 Å². The van der Waals surface area contributed by atoms with Gasteiger partial charge in [0.05, 0.1) is 41.3 Å². The maximum Gasteiger partial charge on any atom is 0.333 e. The van der Waals surface area contributed by atoms with Crippen molar-refractivity contribution in [2.75, 3.05) is 67.6 Å². The molecule has 0 unspecified atom stereocenters. The van der Waals surface area contributed by atoms with E-state index in [0.29, 0.717) is 24.4 Å². The number of esters is 2. The Morgan fingerprint density at radius 1 is 0.529 bits per heavy atom. The van der Waals surface area contributed by atoms with Crippen LogP contribution in [0.1, 0.15) is 78.1 Å². The van der Waals surface area contributed by atoms with E-state index in [9.17, 15) is 9.59 Å². The van der Waals surface area contributed by atoms with Crippen LogP contribution in [0.4, 0.5) is 0 Å². The summed E-state index contributed by atoms with van der Waals surface area (Å²) in [5.74, 6) is -0.580. The first-order valence-electron chi connectivity index (χ1n) is 13.2. The van der Waals surface area contributed by atoms with Crippen molar-refractivity contribution in [3.8, 4) is 0 Å². The van der Waals surface area contributed by atoms with E-state index in [2.05, 4.69) is 41.3 Å². The van der Waals surface area contributed by atoms with Crippen LogP contribution in [0.25, 0.3) is 0 Å². The Labute approximate surface area is 210 Å². The topological polar surface area (TPSA) is 52.6 Å². The molecule has 198 valence electrons. The second-order valence-corrected chi connectivity index (χ2v) is 11.1. The highest BCUT2D eigenvalue weighted by molar-refractivity contribution is 5.87. The summed E-state index contributed by atoms with van der Waals surface area (Å²) < 4.78 is 12.2. The van der Waals surface area contributed by atoms with Crippen LogP contribution in [-0.2, 0) is 19.1 Å². The van der Waals surface area contributed by atoms with Gasteiger partial charge in [-0.3, -0.25) is 0 Å². The molecule has 0 N–H and O–H groups in total. The number of carbonyl (C=O) groups is 2. The monoisotopic (exact) mass is 482 g/mol. The van der Waals surface area contributed by atoms with Crippen molar-refractivity contribution >= 4 is 11.9 Å². The number of ether oxygens (including phenoxy) is 2. The number of likely N-dealkylation sites (N-methyl/N-ethyl adjacent to an activating group) is 2. The van der Waals surface area contributed by atoms with Gasteiger partial charge in [-0.15, -0.1) is 0 Å². The molecule has 6 heteroatoms. The van der Waals surface area contributed by atoms with Gasteiger partial charge in [-0.25, -0.2) is 9.59 Å². The van der Waals surface area contributed by atoms with Crippen LogP contribution >= 0.6 is 0 Å². The summed E-state index contributed by atoms with van der Waals surface area (Å²) in [6.07, 6.45) is 13.0. The minimum atomic E-state index is -0.290. The lowest BCUT2D eigenvalue weighted by atomic mass is 10.1. The van der Waals surface area contributed by atoms with Gasteiger partial charge >= 0.3 is 11.9 Å². The molecular formula is C28H54N2O4+2. The number of hydrogen-bond donors (Lipinski definition) is 0. The summed E-state index contributed by atoms with van der Waals surface area (Å²) in [6, 6.07) is 0. The molecule has 0 aromatic rings. The van der Waals surface area contributed by atoms with Crippen LogP contribution in [0.3, 0.4) is 0 Å². The highest BCUT2D eigenvalue weighted by Crippen LogP contribution is 2.13. The summed E-state index contributed by atoms with van der Waals surface area (Å²) in [4.78, 5) is 22.9. The first kappa shape index (κ1) is 32.3. The van der Waals surface area contributed by atoms with Crippen molar-refractivity contribution in [1.29, 1.82) is 0 Å². The minimum Gasteiger partial charge on any atom is -0.456 e. The smallest absolute Gasteiger partial charge is 0.333 e. The zero-order chi connectivity index (χ0) is 26.0. The lowest BCUT2D eigenvalue weighted by molar-refractivity contribution is -0.890. The van der Waals surface area contributed by atoms with E-state index in [4.69, 9.17) is 9.47 Å². The van der Waals surface area contributed by atoms with Gasteiger partial charge in [0.1, 0.15) is 26.3 Å². The zero-order valence-corrected chi connectivity index (χ0v) is 23.3. The molecule has 0 atom stereocenters. The molecule has 0 aliphatic heterocycles. The maximum atomic E-state index is 11.5. The summed E-state index contributed by atoms with van der Waals surface area (Å²) in [6.45, 7) is 15.4. The lowest BCUT2D eigenvalue weighted by Crippen LogP contribution is -2.43. The Kier molecular flexibility index (Phi) is 16.9. The van der Waals surface area contributed by atoms with Gasteiger partial charge in [0.15, 0.2) is 0 Å². The summed E-state index contributed by atoms with van der Waals surface area (Å²) in [7, 11) is 8.81. The summed E-state index contributed by atoms with van der Waals surface area (Å²) >= 11 is 0. The molecule has 0 aliphatic carbocycles. The average Bonchev–Trinajstić information content (AvgIpc) is 2.73. The third-order valence-electron chi connectivity index (χ3n) is 6.33. The van der Waals surface area contributed by atoms with E-state index in [0.717, 1.165) is 35.1 Å². The standard InChI is InChI=1S/C28H54N2O4/c1-25(2)27(31)33-23-21-29(5,6)19-17-15-13-11-9-10-12-14-16-18-20-30(7,8)22-24-34-28(32)26(3)4/h1,3,9-24H2,2,4-8H3/q+2. The molecule has 0 rings (SSSR count). The molecule has 0 heterocycles. The molecular weight excluding hydrogens is 428 g/mol. The molecule has 0 amide bonds. The third kappa shape index (κ3) is 18.7. The third-order valence-corrected chi connectivity index (χ3v) is 6.33. The zero-order valence-electron chi connectivity index (χ0n) is 23.3. The number of unbranched alkanes of at least 4 members (excludes halogenated alkanes) is 9. The number of carbonyl (C=O) groups excluding carboxylic acids is 2. The highest BCUT2D eigenvalue weighted by Gasteiger charge is 2.16. The van der Waals surface area contributed by atoms with E-state index in [-0.39, 0.29) is 11.9 Å².